The average molecular weight is 325 g/mol. The number of nitrogens with zero attached hydrogens (tertiary/aromatic N) is 2. The number of aliphatic hydroxyl groups excluding tert-OH is 1. The van der Waals surface area contributed by atoms with Crippen LogP contribution in [0.1, 0.15) is 37.8 Å². The molecule has 3 rings (SSSR count). The second-order valence-electron chi connectivity index (χ2n) is 6.23. The second-order valence-corrected chi connectivity index (χ2v) is 7.12. The highest BCUT2D eigenvalue weighted by Crippen LogP contribution is 2.42. The van der Waals surface area contributed by atoms with Crippen molar-refractivity contribution in [3.8, 4) is 0 Å². The van der Waals surface area contributed by atoms with E-state index in [1.165, 1.54) is 11.3 Å². The summed E-state index contributed by atoms with van der Waals surface area (Å²) in [5.74, 6) is 0.115. The van der Waals surface area contributed by atoms with Crippen LogP contribution in [0, 0.1) is 0 Å². The SMILES string of the molecule is CO[C@@]12CC[C@H](O)C[C@@H]1N(C(=O)CCc1csc(N)n1)CC2. The number of rotatable bonds is 4. The van der Waals surface area contributed by atoms with Gasteiger partial charge in [0.15, 0.2) is 5.13 Å². The maximum Gasteiger partial charge on any atom is 0.223 e. The molecule has 1 amide bonds. The first-order valence-electron chi connectivity index (χ1n) is 7.76. The predicted molar refractivity (Wildman–Crippen MR) is 84.6 cm³/mol. The molecule has 22 heavy (non-hydrogen) atoms. The predicted octanol–water partition coefficient (Wildman–Crippen LogP) is 1.19. The van der Waals surface area contributed by atoms with E-state index in [9.17, 15) is 9.90 Å². The van der Waals surface area contributed by atoms with Crippen molar-refractivity contribution in [3.05, 3.63) is 11.1 Å². The zero-order valence-corrected chi connectivity index (χ0v) is 13.6. The van der Waals surface area contributed by atoms with Gasteiger partial charge < -0.3 is 20.5 Å². The second kappa shape index (κ2) is 6.14. The number of carbonyl (C=O) groups is 1. The van der Waals surface area contributed by atoms with Crippen molar-refractivity contribution in [3.63, 3.8) is 0 Å². The van der Waals surface area contributed by atoms with E-state index in [0.717, 1.165) is 25.0 Å². The van der Waals surface area contributed by atoms with Crippen LogP contribution in [0.4, 0.5) is 5.13 Å². The Morgan fingerprint density at radius 2 is 2.45 bits per heavy atom. The van der Waals surface area contributed by atoms with Crippen LogP contribution in [0.25, 0.3) is 0 Å². The molecule has 0 radical (unpaired) electrons. The number of amides is 1. The molecule has 0 spiro atoms. The number of nitrogens with two attached hydrogens (primary N) is 1. The summed E-state index contributed by atoms with van der Waals surface area (Å²) in [6.07, 6.45) is 3.75. The van der Waals surface area contributed by atoms with Crippen molar-refractivity contribution >= 4 is 22.4 Å². The van der Waals surface area contributed by atoms with E-state index in [2.05, 4.69) is 4.98 Å². The van der Waals surface area contributed by atoms with Gasteiger partial charge in [0.05, 0.1) is 23.4 Å². The Balaban J connectivity index is 1.64. The Labute approximate surface area is 134 Å². The molecular formula is C15H23N3O3S. The normalized spacial score (nSPS) is 31.3. The van der Waals surface area contributed by atoms with Gasteiger partial charge in [-0.25, -0.2) is 4.98 Å². The van der Waals surface area contributed by atoms with Gasteiger partial charge in [0.2, 0.25) is 5.91 Å². The number of hydrogen-bond acceptors (Lipinski definition) is 6. The zero-order valence-electron chi connectivity index (χ0n) is 12.8. The van der Waals surface area contributed by atoms with Crippen LogP contribution in [0.15, 0.2) is 5.38 Å². The minimum absolute atomic E-state index is 0.00532. The van der Waals surface area contributed by atoms with Gasteiger partial charge >= 0.3 is 0 Å². The van der Waals surface area contributed by atoms with Crippen molar-refractivity contribution < 1.29 is 14.6 Å². The zero-order chi connectivity index (χ0) is 15.7. The van der Waals surface area contributed by atoms with Crippen LogP contribution in [-0.2, 0) is 16.0 Å². The number of carbonyl (C=O) groups excluding carboxylic acids is 1. The van der Waals surface area contributed by atoms with Gasteiger partial charge in [-0.1, -0.05) is 0 Å². The molecule has 0 aromatic carbocycles. The summed E-state index contributed by atoms with van der Waals surface area (Å²) in [5, 5.41) is 12.4. The van der Waals surface area contributed by atoms with Crippen molar-refractivity contribution in [2.45, 2.75) is 56.3 Å². The number of thiazole rings is 1. The largest absolute Gasteiger partial charge is 0.393 e. The van der Waals surface area contributed by atoms with Gasteiger partial charge in [-0.2, -0.15) is 0 Å². The lowest BCUT2D eigenvalue weighted by Gasteiger charge is -2.42. The van der Waals surface area contributed by atoms with Crippen LogP contribution in [0.2, 0.25) is 0 Å². The van der Waals surface area contributed by atoms with Crippen molar-refractivity contribution in [1.29, 1.82) is 0 Å². The molecule has 3 atom stereocenters. The fraction of sp³-hybridized carbons (Fsp3) is 0.733. The summed E-state index contributed by atoms with van der Waals surface area (Å²) in [6.45, 7) is 0.712. The van der Waals surface area contributed by atoms with Gasteiger partial charge in [-0.3, -0.25) is 4.79 Å². The highest BCUT2D eigenvalue weighted by Gasteiger charge is 2.52. The smallest absolute Gasteiger partial charge is 0.223 e. The standard InChI is InChI=1S/C15H23N3O3S/c1-21-15-5-4-11(19)8-12(15)18(7-6-15)13(20)3-2-10-9-22-14(16)17-10/h9,11-12,19H,2-8H2,1H3,(H2,16,17)/t11-,12-,15+/m0/s1. The molecule has 3 N–H and O–H groups in total. The first-order chi connectivity index (χ1) is 10.5. The molecule has 1 aromatic heterocycles. The van der Waals surface area contributed by atoms with Crippen molar-refractivity contribution in [2.24, 2.45) is 0 Å². The first kappa shape index (κ1) is 15.7. The highest BCUT2D eigenvalue weighted by molar-refractivity contribution is 7.13. The fourth-order valence-electron chi connectivity index (χ4n) is 3.79. The van der Waals surface area contributed by atoms with E-state index in [4.69, 9.17) is 10.5 Å². The fourth-order valence-corrected chi connectivity index (χ4v) is 4.39. The molecule has 2 fully saturated rings. The van der Waals surface area contributed by atoms with E-state index < -0.39 is 0 Å². The van der Waals surface area contributed by atoms with Crippen molar-refractivity contribution in [2.75, 3.05) is 19.4 Å². The molecule has 0 bridgehead atoms. The topological polar surface area (TPSA) is 88.7 Å². The molecule has 1 saturated carbocycles. The van der Waals surface area contributed by atoms with E-state index in [1.807, 2.05) is 10.3 Å². The molecule has 0 unspecified atom stereocenters. The maximum absolute atomic E-state index is 12.6. The number of hydrogen-bond donors (Lipinski definition) is 2. The number of aliphatic hydroxyl groups is 1. The summed E-state index contributed by atoms with van der Waals surface area (Å²) in [7, 11) is 1.72. The van der Waals surface area contributed by atoms with Crippen LogP contribution in [-0.4, -0.2) is 52.3 Å². The molecule has 1 aromatic rings. The summed E-state index contributed by atoms with van der Waals surface area (Å²) in [6, 6.07) is -0.00532. The van der Waals surface area contributed by atoms with E-state index in [-0.39, 0.29) is 23.7 Å². The summed E-state index contributed by atoms with van der Waals surface area (Å²) in [4.78, 5) is 18.7. The number of aromatic nitrogens is 1. The van der Waals surface area contributed by atoms with Crippen LogP contribution in [0.5, 0.6) is 0 Å². The molecule has 6 nitrogen and oxygen atoms in total. The molecular weight excluding hydrogens is 302 g/mol. The monoisotopic (exact) mass is 325 g/mol. The molecule has 1 aliphatic carbocycles. The Kier molecular flexibility index (Phi) is 4.38. The number of fused-ring (bicyclic) bond motifs is 1. The third-order valence-corrected chi connectivity index (χ3v) is 5.77. The Bertz CT molecular complexity index is 550. The highest BCUT2D eigenvalue weighted by atomic mass is 32.1. The third kappa shape index (κ3) is 2.85. The van der Waals surface area contributed by atoms with Gasteiger partial charge in [0.1, 0.15) is 0 Å². The van der Waals surface area contributed by atoms with Gasteiger partial charge in [-0.15, -0.1) is 11.3 Å². The Hall–Kier alpha value is -1.18. The molecule has 2 heterocycles. The summed E-state index contributed by atoms with van der Waals surface area (Å²) in [5.41, 5.74) is 6.22. The number of nitrogen functional groups attached to an aromatic ring is 1. The molecule has 7 heteroatoms. The molecule has 1 saturated heterocycles. The third-order valence-electron chi connectivity index (χ3n) is 5.05. The number of anilines is 1. The lowest BCUT2D eigenvalue weighted by Crippen LogP contribution is -2.52. The van der Waals surface area contributed by atoms with Crippen LogP contribution in [0.3, 0.4) is 0 Å². The maximum atomic E-state index is 12.6. The lowest BCUT2D eigenvalue weighted by molar-refractivity contribution is -0.139. The van der Waals surface area contributed by atoms with Gasteiger partial charge in [-0.05, 0) is 32.1 Å². The molecule has 1 aliphatic heterocycles. The summed E-state index contributed by atoms with van der Waals surface area (Å²) >= 11 is 1.40. The number of likely N-dealkylation sites (tertiary alicyclic amines) is 1. The average Bonchev–Trinajstić information content (AvgIpc) is 3.09. The summed E-state index contributed by atoms with van der Waals surface area (Å²) < 4.78 is 5.77. The van der Waals surface area contributed by atoms with E-state index >= 15 is 0 Å². The number of aryl methyl sites for hydroxylation is 1. The first-order valence-corrected chi connectivity index (χ1v) is 8.64. The minimum atomic E-state index is -0.333. The van der Waals surface area contributed by atoms with Crippen molar-refractivity contribution in [1.82, 2.24) is 9.88 Å². The minimum Gasteiger partial charge on any atom is -0.393 e. The van der Waals surface area contributed by atoms with Gasteiger partial charge in [0, 0.05) is 25.5 Å². The number of methoxy groups -OCH3 is 1. The van der Waals surface area contributed by atoms with E-state index in [0.29, 0.717) is 30.9 Å². The van der Waals surface area contributed by atoms with Crippen LogP contribution >= 0.6 is 11.3 Å². The van der Waals surface area contributed by atoms with Gasteiger partial charge in [0.25, 0.3) is 0 Å². The molecule has 122 valence electrons. The van der Waals surface area contributed by atoms with Crippen LogP contribution < -0.4 is 5.73 Å². The molecule has 2 aliphatic rings. The Morgan fingerprint density at radius 3 is 3.14 bits per heavy atom. The number of ether oxygens (including phenoxy) is 1. The quantitative estimate of drug-likeness (QED) is 0.868. The Morgan fingerprint density at radius 1 is 1.64 bits per heavy atom. The van der Waals surface area contributed by atoms with E-state index in [1.54, 1.807) is 7.11 Å². The lowest BCUT2D eigenvalue weighted by atomic mass is 9.79.